The number of nitrogens with zero attached hydrogens (tertiary/aromatic N) is 1. The van der Waals surface area contributed by atoms with Crippen molar-refractivity contribution in [2.45, 2.75) is 52.0 Å². The van der Waals surface area contributed by atoms with Crippen LogP contribution in [0.4, 0.5) is 0 Å². The van der Waals surface area contributed by atoms with Gasteiger partial charge in [0.15, 0.2) is 0 Å². The summed E-state index contributed by atoms with van der Waals surface area (Å²) >= 11 is 0. The summed E-state index contributed by atoms with van der Waals surface area (Å²) < 4.78 is 5.88. The molecule has 1 unspecified atom stereocenters. The van der Waals surface area contributed by atoms with E-state index < -0.39 is 18.0 Å². The summed E-state index contributed by atoms with van der Waals surface area (Å²) in [4.78, 5) is 46.2. The number of carbonyl (C=O) groups excluding carboxylic acids is 2. The number of unbranched alkanes of at least 4 members (excludes halogenated alkanes) is 1. The molecule has 0 saturated carbocycles. The summed E-state index contributed by atoms with van der Waals surface area (Å²) in [5.74, 6) is -3.22. The molecule has 1 fully saturated rings. The van der Waals surface area contributed by atoms with E-state index in [1.54, 1.807) is 12.1 Å². The molecule has 1 saturated heterocycles. The smallest absolute Gasteiger partial charge is 0.414 e. The number of ether oxygens (including phenoxy) is 1. The maximum absolute atomic E-state index is 12.8. The van der Waals surface area contributed by atoms with Crippen molar-refractivity contribution in [2.24, 2.45) is 0 Å². The lowest BCUT2D eigenvalue weighted by Crippen LogP contribution is -2.48. The molecule has 0 aromatic heterocycles. The van der Waals surface area contributed by atoms with Crippen LogP contribution in [0.5, 0.6) is 5.75 Å². The molecule has 2 amide bonds. The van der Waals surface area contributed by atoms with Crippen LogP contribution >= 0.6 is 0 Å². The minimum atomic E-state index is -1.82. The number of rotatable bonds is 12. The Morgan fingerprint density at radius 1 is 0.949 bits per heavy atom. The molecular formula is C29H39N3O7. The molecule has 1 heterocycles. The normalized spacial score (nSPS) is 13.5. The quantitative estimate of drug-likeness (QED) is 0.237. The van der Waals surface area contributed by atoms with E-state index >= 15 is 0 Å². The first-order chi connectivity index (χ1) is 18.7. The lowest BCUT2D eigenvalue weighted by Gasteiger charge is -2.19. The molecule has 212 valence electrons. The highest BCUT2D eigenvalue weighted by Gasteiger charge is 2.22. The number of amides is 2. The Hall–Kier alpha value is -3.92. The molecular weight excluding hydrogens is 502 g/mol. The number of carbonyl (C=O) groups is 4. The third kappa shape index (κ3) is 12.0. The first-order valence-corrected chi connectivity index (χ1v) is 13.2. The van der Waals surface area contributed by atoms with Gasteiger partial charge in [-0.15, -0.1) is 0 Å². The standard InChI is InChI=1S/C27H37N3O3.C2H2O4/c1-3-4-15-28-27(32)25(29-26(31)23-11-7-21(2)8-12-23)20-22-9-13-24(14-10-22)33-19-18-30-16-5-6-17-30;3-1(4)2(5)6/h7-14,25H,3-6,15-20H2,1-2H3,(H,28,32)(H,29,31);(H,3,4)(H,5,6). The first-order valence-electron chi connectivity index (χ1n) is 13.2. The monoisotopic (exact) mass is 541 g/mol. The predicted octanol–water partition coefficient (Wildman–Crippen LogP) is 2.88. The number of hydrogen-bond acceptors (Lipinski definition) is 6. The summed E-state index contributed by atoms with van der Waals surface area (Å²) in [6, 6.07) is 14.5. The predicted molar refractivity (Wildman–Crippen MR) is 147 cm³/mol. The maximum Gasteiger partial charge on any atom is 0.414 e. The molecule has 10 nitrogen and oxygen atoms in total. The number of carboxylic acids is 2. The van der Waals surface area contributed by atoms with Crippen molar-refractivity contribution in [1.29, 1.82) is 0 Å². The molecule has 0 spiro atoms. The number of likely N-dealkylation sites (tertiary alicyclic amines) is 1. The zero-order chi connectivity index (χ0) is 28.6. The van der Waals surface area contributed by atoms with Gasteiger partial charge in [-0.1, -0.05) is 43.2 Å². The van der Waals surface area contributed by atoms with Crippen molar-refractivity contribution in [3.05, 3.63) is 65.2 Å². The Kier molecular flexibility index (Phi) is 13.5. The lowest BCUT2D eigenvalue weighted by atomic mass is 10.0. The fourth-order valence-corrected chi connectivity index (χ4v) is 3.92. The van der Waals surface area contributed by atoms with Gasteiger partial charge in [0.2, 0.25) is 5.91 Å². The van der Waals surface area contributed by atoms with Crippen molar-refractivity contribution in [3.8, 4) is 5.75 Å². The lowest BCUT2D eigenvalue weighted by molar-refractivity contribution is -0.159. The van der Waals surface area contributed by atoms with E-state index in [9.17, 15) is 9.59 Å². The molecule has 3 rings (SSSR count). The maximum atomic E-state index is 12.8. The SMILES string of the molecule is CCCCNC(=O)C(Cc1ccc(OCCN2CCCC2)cc1)NC(=O)c1ccc(C)cc1.O=C(O)C(=O)O. The number of hydrogen-bond donors (Lipinski definition) is 4. The molecule has 4 N–H and O–H groups in total. The van der Waals surface area contributed by atoms with Crippen LogP contribution in [0.15, 0.2) is 48.5 Å². The molecule has 0 bridgehead atoms. The Balaban J connectivity index is 0.000000798. The van der Waals surface area contributed by atoms with Crippen LogP contribution in [0, 0.1) is 6.92 Å². The first kappa shape index (κ1) is 31.3. The van der Waals surface area contributed by atoms with Crippen molar-refractivity contribution < 1.29 is 34.1 Å². The fourth-order valence-electron chi connectivity index (χ4n) is 3.92. The summed E-state index contributed by atoms with van der Waals surface area (Å²) in [7, 11) is 0. The second-order valence-corrected chi connectivity index (χ2v) is 9.39. The number of carboxylic acid groups (broad SMARTS) is 2. The molecule has 39 heavy (non-hydrogen) atoms. The van der Waals surface area contributed by atoms with Crippen LogP contribution in [0.1, 0.15) is 54.1 Å². The Bertz CT molecular complexity index is 1050. The van der Waals surface area contributed by atoms with Crippen molar-refractivity contribution in [2.75, 3.05) is 32.8 Å². The molecule has 10 heteroatoms. The Labute approximate surface area is 229 Å². The summed E-state index contributed by atoms with van der Waals surface area (Å²) in [5.41, 5.74) is 2.61. The summed E-state index contributed by atoms with van der Waals surface area (Å²) in [6.07, 6.45) is 4.89. The van der Waals surface area contributed by atoms with E-state index in [0.29, 0.717) is 25.1 Å². The van der Waals surface area contributed by atoms with E-state index in [1.165, 1.54) is 12.8 Å². The van der Waals surface area contributed by atoms with Gasteiger partial charge in [-0.25, -0.2) is 9.59 Å². The van der Waals surface area contributed by atoms with E-state index in [2.05, 4.69) is 22.5 Å². The van der Waals surface area contributed by atoms with Gasteiger partial charge in [-0.05, 0) is 69.1 Å². The van der Waals surface area contributed by atoms with Gasteiger partial charge in [-0.3, -0.25) is 14.5 Å². The molecule has 0 radical (unpaired) electrons. The van der Waals surface area contributed by atoms with E-state index in [-0.39, 0.29) is 11.8 Å². The molecule has 1 aliphatic heterocycles. The number of aryl methyl sites for hydroxylation is 1. The van der Waals surface area contributed by atoms with Gasteiger partial charge in [0.1, 0.15) is 18.4 Å². The topological polar surface area (TPSA) is 145 Å². The van der Waals surface area contributed by atoms with Crippen LogP contribution in [0.3, 0.4) is 0 Å². The third-order valence-electron chi connectivity index (χ3n) is 6.19. The van der Waals surface area contributed by atoms with Crippen molar-refractivity contribution in [1.82, 2.24) is 15.5 Å². The molecule has 2 aromatic rings. The van der Waals surface area contributed by atoms with E-state index in [1.807, 2.05) is 43.3 Å². The van der Waals surface area contributed by atoms with Crippen LogP contribution < -0.4 is 15.4 Å². The molecule has 1 atom stereocenters. The van der Waals surface area contributed by atoms with Gasteiger partial charge >= 0.3 is 11.9 Å². The van der Waals surface area contributed by atoms with E-state index in [4.69, 9.17) is 24.5 Å². The highest BCUT2D eigenvalue weighted by Crippen LogP contribution is 2.15. The highest BCUT2D eigenvalue weighted by atomic mass is 16.5. The zero-order valence-corrected chi connectivity index (χ0v) is 22.7. The van der Waals surface area contributed by atoms with E-state index in [0.717, 1.165) is 49.4 Å². The van der Waals surface area contributed by atoms with Crippen LogP contribution in [0.2, 0.25) is 0 Å². The average Bonchev–Trinajstić information content (AvgIpc) is 3.43. The molecule has 0 aliphatic carbocycles. The minimum Gasteiger partial charge on any atom is -0.492 e. The van der Waals surface area contributed by atoms with Gasteiger partial charge < -0.3 is 25.6 Å². The average molecular weight is 542 g/mol. The Morgan fingerprint density at radius 2 is 1.56 bits per heavy atom. The second-order valence-electron chi connectivity index (χ2n) is 9.39. The highest BCUT2D eigenvalue weighted by molar-refractivity contribution is 6.27. The van der Waals surface area contributed by atoms with Gasteiger partial charge in [0, 0.05) is 25.1 Å². The van der Waals surface area contributed by atoms with Crippen LogP contribution in [-0.4, -0.2) is 77.7 Å². The van der Waals surface area contributed by atoms with Gasteiger partial charge in [0.25, 0.3) is 5.91 Å². The number of aliphatic carboxylic acids is 2. The zero-order valence-electron chi connectivity index (χ0n) is 22.7. The number of benzene rings is 2. The largest absolute Gasteiger partial charge is 0.492 e. The fraction of sp³-hybridized carbons (Fsp3) is 0.448. The molecule has 1 aliphatic rings. The third-order valence-corrected chi connectivity index (χ3v) is 6.19. The minimum absolute atomic E-state index is 0.158. The second kappa shape index (κ2) is 16.8. The van der Waals surface area contributed by atoms with Crippen molar-refractivity contribution in [3.63, 3.8) is 0 Å². The molecule has 2 aromatic carbocycles. The number of nitrogens with one attached hydrogen (secondary N) is 2. The Morgan fingerprint density at radius 3 is 2.13 bits per heavy atom. The van der Waals surface area contributed by atoms with Crippen molar-refractivity contribution >= 4 is 23.8 Å². The van der Waals surface area contributed by atoms with Gasteiger partial charge in [-0.2, -0.15) is 0 Å². The summed E-state index contributed by atoms with van der Waals surface area (Å²) in [5, 5.41) is 20.7. The van der Waals surface area contributed by atoms with Crippen LogP contribution in [-0.2, 0) is 20.8 Å². The summed E-state index contributed by atoms with van der Waals surface area (Å²) in [6.45, 7) is 8.62. The van der Waals surface area contributed by atoms with Gasteiger partial charge in [0.05, 0.1) is 0 Å². The van der Waals surface area contributed by atoms with Crippen LogP contribution in [0.25, 0.3) is 0 Å².